The van der Waals surface area contributed by atoms with Gasteiger partial charge in [0.05, 0.1) is 16.7 Å². The van der Waals surface area contributed by atoms with Gasteiger partial charge in [0.1, 0.15) is 0 Å². The molecule has 3 aromatic rings. The molecule has 1 atom stereocenters. The van der Waals surface area contributed by atoms with Crippen molar-refractivity contribution < 1.29 is 13.2 Å². The third kappa shape index (κ3) is 5.60. The summed E-state index contributed by atoms with van der Waals surface area (Å²) in [6, 6.07) is 17.1. The minimum atomic E-state index is -3.51. The fraction of sp³-hybridized carbons (Fsp3) is 0.269. The largest absolute Gasteiger partial charge is 0.331 e. The molecule has 1 heterocycles. The van der Waals surface area contributed by atoms with E-state index in [1.54, 1.807) is 12.1 Å². The molecule has 4 rings (SSSR count). The summed E-state index contributed by atoms with van der Waals surface area (Å²) in [7, 11) is -3.51. The average molecular weight is 498 g/mol. The lowest BCUT2D eigenvalue weighted by molar-refractivity contribution is 0.249. The van der Waals surface area contributed by atoms with Gasteiger partial charge in [-0.25, -0.2) is 13.2 Å². The van der Waals surface area contributed by atoms with Crippen LogP contribution in [-0.4, -0.2) is 21.0 Å². The average Bonchev–Trinajstić information content (AvgIpc) is 2.80. The van der Waals surface area contributed by atoms with Gasteiger partial charge < -0.3 is 16.0 Å². The van der Waals surface area contributed by atoms with Crippen LogP contribution >= 0.6 is 11.6 Å². The van der Waals surface area contributed by atoms with Crippen molar-refractivity contribution in [3.05, 3.63) is 93.5 Å². The molecule has 34 heavy (non-hydrogen) atoms. The predicted octanol–water partition coefficient (Wildman–Crippen LogP) is 5.15. The molecule has 0 radical (unpaired) electrons. The second kappa shape index (κ2) is 10.2. The van der Waals surface area contributed by atoms with Crippen LogP contribution in [0.25, 0.3) is 0 Å². The van der Waals surface area contributed by atoms with Crippen molar-refractivity contribution in [2.24, 2.45) is 0 Å². The van der Waals surface area contributed by atoms with E-state index in [0.29, 0.717) is 10.7 Å². The first kappa shape index (κ1) is 24.3. The number of hydrogen-bond donors (Lipinski definition) is 3. The molecular weight excluding hydrogens is 470 g/mol. The Balaban J connectivity index is 1.39. The molecule has 0 saturated heterocycles. The molecule has 0 aliphatic carbocycles. The molecule has 8 heteroatoms. The minimum absolute atomic E-state index is 0.0598. The van der Waals surface area contributed by atoms with Gasteiger partial charge >= 0.3 is 6.03 Å². The highest BCUT2D eigenvalue weighted by Crippen LogP contribution is 2.26. The molecule has 1 aliphatic rings. The number of fused-ring (bicyclic) bond motifs is 1. The summed E-state index contributed by atoms with van der Waals surface area (Å²) in [5, 5.41) is 9.55. The first-order valence-corrected chi connectivity index (χ1v) is 13.2. The monoisotopic (exact) mass is 497 g/mol. The number of urea groups is 1. The smallest absolute Gasteiger partial charge is 0.319 e. The lowest BCUT2D eigenvalue weighted by Crippen LogP contribution is -2.31. The third-order valence-electron chi connectivity index (χ3n) is 6.02. The van der Waals surface area contributed by atoms with Gasteiger partial charge in [-0.15, -0.1) is 0 Å². The Morgan fingerprint density at radius 3 is 2.62 bits per heavy atom. The number of carbonyl (C=O) groups excluding carboxylic acids is 1. The Bertz CT molecular complexity index is 1310. The maximum atomic E-state index is 12.9. The summed E-state index contributed by atoms with van der Waals surface area (Å²) < 4.78 is 25.9. The van der Waals surface area contributed by atoms with Crippen LogP contribution in [0.5, 0.6) is 0 Å². The van der Waals surface area contributed by atoms with E-state index >= 15 is 0 Å². The molecule has 0 saturated carbocycles. The van der Waals surface area contributed by atoms with Crippen molar-refractivity contribution in [3.8, 4) is 0 Å². The van der Waals surface area contributed by atoms with Crippen LogP contribution in [0, 0.1) is 6.92 Å². The van der Waals surface area contributed by atoms with Crippen LogP contribution in [0.15, 0.2) is 65.6 Å². The number of amides is 2. The number of benzene rings is 3. The van der Waals surface area contributed by atoms with Crippen molar-refractivity contribution in [2.45, 2.75) is 43.5 Å². The van der Waals surface area contributed by atoms with E-state index in [1.807, 2.05) is 50.2 Å². The Labute approximate surface area is 205 Å². The molecule has 3 N–H and O–H groups in total. The van der Waals surface area contributed by atoms with Crippen molar-refractivity contribution in [2.75, 3.05) is 11.9 Å². The number of halogens is 1. The van der Waals surface area contributed by atoms with Gasteiger partial charge in [0.15, 0.2) is 9.84 Å². The van der Waals surface area contributed by atoms with E-state index in [0.717, 1.165) is 36.2 Å². The standard InChI is InChI=1S/C26H28ClN3O3S/c1-17-4-3-5-24(25(17)27)18(2)29-26(31)30-22-8-10-23(11-9-22)34(32,33)16-19-6-7-21-15-28-13-12-20(21)14-19/h3-11,14,18,28H,12-13,15-16H2,1-2H3,(H2,29,30,31)/t18-/m0/s1. The van der Waals surface area contributed by atoms with E-state index in [1.165, 1.54) is 23.3 Å². The maximum Gasteiger partial charge on any atom is 0.319 e. The first-order chi connectivity index (χ1) is 16.2. The zero-order valence-electron chi connectivity index (χ0n) is 19.2. The highest BCUT2D eigenvalue weighted by molar-refractivity contribution is 7.90. The van der Waals surface area contributed by atoms with Gasteiger partial charge in [0.25, 0.3) is 0 Å². The van der Waals surface area contributed by atoms with Gasteiger partial charge in [0.2, 0.25) is 0 Å². The number of aryl methyl sites for hydroxylation is 1. The lowest BCUT2D eigenvalue weighted by atomic mass is 9.99. The highest BCUT2D eigenvalue weighted by atomic mass is 35.5. The fourth-order valence-corrected chi connectivity index (χ4v) is 5.74. The van der Waals surface area contributed by atoms with Crippen LogP contribution in [0.1, 0.15) is 40.8 Å². The SMILES string of the molecule is Cc1cccc([C@H](C)NC(=O)Nc2ccc(S(=O)(=O)Cc3ccc4c(c3)CCNC4)cc2)c1Cl. The minimum Gasteiger partial charge on any atom is -0.331 e. The molecule has 0 fully saturated rings. The number of hydrogen-bond acceptors (Lipinski definition) is 4. The number of carbonyl (C=O) groups is 1. The molecule has 3 aromatic carbocycles. The second-order valence-corrected chi connectivity index (χ2v) is 11.0. The fourth-order valence-electron chi connectivity index (χ4n) is 4.11. The second-order valence-electron chi connectivity index (χ2n) is 8.61. The van der Waals surface area contributed by atoms with Crippen molar-refractivity contribution in [3.63, 3.8) is 0 Å². The number of anilines is 1. The van der Waals surface area contributed by atoms with Gasteiger partial charge in [0, 0.05) is 17.3 Å². The van der Waals surface area contributed by atoms with Crippen molar-refractivity contribution in [1.29, 1.82) is 0 Å². The van der Waals surface area contributed by atoms with Gasteiger partial charge in [-0.2, -0.15) is 0 Å². The van der Waals surface area contributed by atoms with Crippen LogP contribution in [-0.2, 0) is 28.6 Å². The summed E-state index contributed by atoms with van der Waals surface area (Å²) in [4.78, 5) is 12.7. The van der Waals surface area contributed by atoms with E-state index in [-0.39, 0.29) is 16.7 Å². The van der Waals surface area contributed by atoms with Crippen LogP contribution in [0.4, 0.5) is 10.5 Å². The zero-order valence-corrected chi connectivity index (χ0v) is 20.8. The molecule has 0 bridgehead atoms. The molecule has 0 unspecified atom stereocenters. The third-order valence-corrected chi connectivity index (χ3v) is 8.24. The summed E-state index contributed by atoms with van der Waals surface area (Å²) in [6.45, 7) is 5.49. The number of sulfone groups is 1. The Kier molecular flexibility index (Phi) is 7.26. The van der Waals surface area contributed by atoms with E-state index in [9.17, 15) is 13.2 Å². The molecule has 1 aliphatic heterocycles. The lowest BCUT2D eigenvalue weighted by Gasteiger charge is -2.18. The van der Waals surface area contributed by atoms with E-state index < -0.39 is 15.9 Å². The highest BCUT2D eigenvalue weighted by Gasteiger charge is 2.18. The quantitative estimate of drug-likeness (QED) is 0.439. The summed E-state index contributed by atoms with van der Waals surface area (Å²) in [5.74, 6) is -0.0598. The van der Waals surface area contributed by atoms with E-state index in [2.05, 4.69) is 16.0 Å². The van der Waals surface area contributed by atoms with Gasteiger partial charge in [-0.05, 0) is 78.9 Å². The molecular formula is C26H28ClN3O3S. The number of rotatable bonds is 6. The van der Waals surface area contributed by atoms with Crippen molar-refractivity contribution in [1.82, 2.24) is 10.6 Å². The van der Waals surface area contributed by atoms with E-state index in [4.69, 9.17) is 11.6 Å². The first-order valence-electron chi connectivity index (χ1n) is 11.2. The Morgan fingerprint density at radius 2 is 1.85 bits per heavy atom. The molecule has 178 valence electrons. The predicted molar refractivity (Wildman–Crippen MR) is 136 cm³/mol. The molecule has 2 amide bonds. The van der Waals surface area contributed by atoms with Gasteiger partial charge in [-0.3, -0.25) is 0 Å². The van der Waals surface area contributed by atoms with Crippen LogP contribution in [0.2, 0.25) is 5.02 Å². The van der Waals surface area contributed by atoms with Crippen LogP contribution in [0.3, 0.4) is 0 Å². The maximum absolute atomic E-state index is 12.9. The summed E-state index contributed by atoms with van der Waals surface area (Å²) >= 11 is 6.35. The molecule has 0 spiro atoms. The topological polar surface area (TPSA) is 87.3 Å². The van der Waals surface area contributed by atoms with Crippen molar-refractivity contribution >= 4 is 33.2 Å². The Hall–Kier alpha value is -2.87. The number of nitrogens with one attached hydrogen (secondary N) is 3. The summed E-state index contributed by atoms with van der Waals surface area (Å²) in [6.07, 6.45) is 0.903. The summed E-state index contributed by atoms with van der Waals surface area (Å²) in [5.41, 5.74) is 5.48. The molecule has 0 aromatic heterocycles. The van der Waals surface area contributed by atoms with Gasteiger partial charge in [-0.1, -0.05) is 48.0 Å². The van der Waals surface area contributed by atoms with Crippen LogP contribution < -0.4 is 16.0 Å². The Morgan fingerprint density at radius 1 is 1.09 bits per heavy atom. The molecule has 6 nitrogen and oxygen atoms in total. The zero-order chi connectivity index (χ0) is 24.3. The normalized spacial score (nSPS) is 14.2.